The van der Waals surface area contributed by atoms with Crippen LogP contribution in [0.1, 0.15) is 17.4 Å². The number of benzene rings is 1. The summed E-state index contributed by atoms with van der Waals surface area (Å²) in [5, 5.41) is 3.11. The number of carbonyl (C=O) groups is 2. The molecule has 1 aliphatic rings. The van der Waals surface area contributed by atoms with Gasteiger partial charge in [0.1, 0.15) is 29.6 Å². The zero-order valence-corrected chi connectivity index (χ0v) is 16.6. The number of amides is 2. The Morgan fingerprint density at radius 3 is 2.24 bits per heavy atom. The van der Waals surface area contributed by atoms with Crippen molar-refractivity contribution in [2.45, 2.75) is 6.92 Å². The van der Waals surface area contributed by atoms with Crippen LogP contribution in [-0.4, -0.2) is 78.0 Å². The number of aromatic nitrogens is 2. The van der Waals surface area contributed by atoms with Gasteiger partial charge in [-0.25, -0.2) is 9.97 Å². The molecule has 0 saturated carbocycles. The van der Waals surface area contributed by atoms with E-state index in [4.69, 9.17) is 9.47 Å². The Morgan fingerprint density at radius 2 is 1.66 bits per heavy atom. The van der Waals surface area contributed by atoms with Crippen molar-refractivity contribution >= 4 is 17.6 Å². The molecular weight excluding hydrogens is 374 g/mol. The van der Waals surface area contributed by atoms with Gasteiger partial charge in [0.05, 0.1) is 26.0 Å². The number of ether oxygens (including phenoxy) is 2. The molecule has 1 N–H and O–H groups in total. The summed E-state index contributed by atoms with van der Waals surface area (Å²) in [6.45, 7) is 4.63. The molecule has 154 valence electrons. The first-order valence-corrected chi connectivity index (χ1v) is 9.44. The van der Waals surface area contributed by atoms with Crippen molar-refractivity contribution in [2.75, 3.05) is 51.8 Å². The highest BCUT2D eigenvalue weighted by Gasteiger charge is 2.24. The SMILES string of the molecule is COc1ccc(OCCNc2cnc(C(=O)N3CCN(C(C)=O)CC3)cn2)cc1. The Kier molecular flexibility index (Phi) is 6.83. The van der Waals surface area contributed by atoms with Crippen molar-refractivity contribution < 1.29 is 19.1 Å². The quantitative estimate of drug-likeness (QED) is 0.701. The number of rotatable bonds is 7. The van der Waals surface area contributed by atoms with Gasteiger partial charge in [-0.2, -0.15) is 0 Å². The molecule has 0 atom stereocenters. The highest BCUT2D eigenvalue weighted by atomic mass is 16.5. The van der Waals surface area contributed by atoms with Crippen molar-refractivity contribution in [1.82, 2.24) is 19.8 Å². The number of hydrogen-bond donors (Lipinski definition) is 1. The summed E-state index contributed by atoms with van der Waals surface area (Å²) in [7, 11) is 1.62. The number of hydrogen-bond acceptors (Lipinski definition) is 7. The third-order valence-corrected chi connectivity index (χ3v) is 4.62. The highest BCUT2D eigenvalue weighted by Crippen LogP contribution is 2.16. The Labute approximate surface area is 169 Å². The van der Waals surface area contributed by atoms with Crippen molar-refractivity contribution in [3.8, 4) is 11.5 Å². The molecule has 0 spiro atoms. The van der Waals surface area contributed by atoms with Gasteiger partial charge < -0.3 is 24.6 Å². The first-order valence-electron chi connectivity index (χ1n) is 9.44. The first-order chi connectivity index (χ1) is 14.1. The van der Waals surface area contributed by atoms with Crippen LogP contribution >= 0.6 is 0 Å². The second-order valence-corrected chi connectivity index (χ2v) is 6.54. The van der Waals surface area contributed by atoms with Gasteiger partial charge in [-0.15, -0.1) is 0 Å². The first kappa shape index (κ1) is 20.4. The molecule has 2 heterocycles. The number of methoxy groups -OCH3 is 1. The molecule has 2 aromatic rings. The lowest BCUT2D eigenvalue weighted by molar-refractivity contribution is -0.130. The molecule has 2 amide bonds. The molecule has 0 radical (unpaired) electrons. The Morgan fingerprint density at radius 1 is 1.00 bits per heavy atom. The smallest absolute Gasteiger partial charge is 0.274 e. The fourth-order valence-corrected chi connectivity index (χ4v) is 2.94. The van der Waals surface area contributed by atoms with Crippen molar-refractivity contribution in [3.63, 3.8) is 0 Å². The minimum atomic E-state index is -0.171. The average Bonchev–Trinajstić information content (AvgIpc) is 2.77. The second-order valence-electron chi connectivity index (χ2n) is 6.54. The molecule has 0 aliphatic carbocycles. The molecule has 0 bridgehead atoms. The molecule has 9 nitrogen and oxygen atoms in total. The Bertz CT molecular complexity index is 818. The predicted molar refractivity (Wildman–Crippen MR) is 107 cm³/mol. The maximum atomic E-state index is 12.5. The van der Waals surface area contributed by atoms with E-state index in [9.17, 15) is 9.59 Å². The summed E-state index contributed by atoms with van der Waals surface area (Å²) < 4.78 is 10.7. The van der Waals surface area contributed by atoms with Crippen LogP contribution in [-0.2, 0) is 4.79 Å². The zero-order valence-electron chi connectivity index (χ0n) is 16.6. The number of anilines is 1. The number of piperazine rings is 1. The molecule has 1 saturated heterocycles. The van der Waals surface area contributed by atoms with E-state index in [1.54, 1.807) is 16.9 Å². The Hall–Kier alpha value is -3.36. The van der Waals surface area contributed by atoms with Gasteiger partial charge in [-0.3, -0.25) is 9.59 Å². The number of nitrogens with zero attached hydrogens (tertiary/aromatic N) is 4. The molecule has 1 aromatic heterocycles. The van der Waals surface area contributed by atoms with Gasteiger partial charge in [0, 0.05) is 33.1 Å². The average molecular weight is 399 g/mol. The van der Waals surface area contributed by atoms with Crippen molar-refractivity contribution in [1.29, 1.82) is 0 Å². The summed E-state index contributed by atoms with van der Waals surface area (Å²) >= 11 is 0. The van der Waals surface area contributed by atoms with E-state index in [0.29, 0.717) is 50.8 Å². The summed E-state index contributed by atoms with van der Waals surface area (Å²) in [5.74, 6) is 1.96. The van der Waals surface area contributed by atoms with Crippen molar-refractivity contribution in [3.05, 3.63) is 42.4 Å². The maximum Gasteiger partial charge on any atom is 0.274 e. The molecule has 1 aliphatic heterocycles. The molecule has 0 unspecified atom stereocenters. The van der Waals surface area contributed by atoms with Crippen molar-refractivity contribution in [2.24, 2.45) is 0 Å². The lowest BCUT2D eigenvalue weighted by atomic mass is 10.3. The third-order valence-electron chi connectivity index (χ3n) is 4.62. The maximum absolute atomic E-state index is 12.5. The van der Waals surface area contributed by atoms with Gasteiger partial charge in [-0.05, 0) is 24.3 Å². The van der Waals surface area contributed by atoms with Crippen LogP contribution in [0.5, 0.6) is 11.5 Å². The minimum absolute atomic E-state index is 0.0308. The summed E-state index contributed by atoms with van der Waals surface area (Å²) in [5.41, 5.74) is 0.293. The lowest BCUT2D eigenvalue weighted by Crippen LogP contribution is -2.50. The molecule has 9 heteroatoms. The third kappa shape index (κ3) is 5.56. The van der Waals surface area contributed by atoms with Crippen LogP contribution in [0.15, 0.2) is 36.7 Å². The monoisotopic (exact) mass is 399 g/mol. The van der Waals surface area contributed by atoms with E-state index in [1.807, 2.05) is 24.3 Å². The summed E-state index contributed by atoms with van der Waals surface area (Å²) in [4.78, 5) is 35.8. The number of carbonyl (C=O) groups excluding carboxylic acids is 2. The van der Waals surface area contributed by atoms with Crippen LogP contribution < -0.4 is 14.8 Å². The van der Waals surface area contributed by atoms with Gasteiger partial charge in [0.2, 0.25) is 5.91 Å². The summed E-state index contributed by atoms with van der Waals surface area (Å²) in [6.07, 6.45) is 3.00. The normalized spacial score (nSPS) is 13.7. The van der Waals surface area contributed by atoms with E-state index < -0.39 is 0 Å². The molecule has 1 fully saturated rings. The fourth-order valence-electron chi connectivity index (χ4n) is 2.94. The molecule has 3 rings (SSSR count). The summed E-state index contributed by atoms with van der Waals surface area (Å²) in [6, 6.07) is 7.36. The van der Waals surface area contributed by atoms with Crippen LogP contribution in [0, 0.1) is 0 Å². The van der Waals surface area contributed by atoms with Gasteiger partial charge in [0.15, 0.2) is 0 Å². The second kappa shape index (κ2) is 9.72. The standard InChI is InChI=1S/C20H25N5O4/c1-15(26)24-8-10-25(11-9-24)20(27)18-13-23-19(14-22-18)21-7-12-29-17-5-3-16(28-2)4-6-17/h3-6,13-14H,7-12H2,1-2H3,(H,21,23). The van der Waals surface area contributed by atoms with Gasteiger partial charge in [-0.1, -0.05) is 0 Å². The van der Waals surface area contributed by atoms with E-state index >= 15 is 0 Å². The molecular formula is C20H25N5O4. The predicted octanol–water partition coefficient (Wildman–Crippen LogP) is 1.28. The topological polar surface area (TPSA) is 96.9 Å². The zero-order chi connectivity index (χ0) is 20.6. The van der Waals surface area contributed by atoms with E-state index in [-0.39, 0.29) is 11.8 Å². The molecule has 29 heavy (non-hydrogen) atoms. The van der Waals surface area contributed by atoms with Crippen LogP contribution in [0.3, 0.4) is 0 Å². The van der Waals surface area contributed by atoms with Gasteiger partial charge >= 0.3 is 0 Å². The lowest BCUT2D eigenvalue weighted by Gasteiger charge is -2.33. The largest absolute Gasteiger partial charge is 0.497 e. The molecule has 1 aromatic carbocycles. The number of nitrogens with one attached hydrogen (secondary N) is 1. The van der Waals surface area contributed by atoms with E-state index in [1.165, 1.54) is 19.3 Å². The van der Waals surface area contributed by atoms with Crippen LogP contribution in [0.2, 0.25) is 0 Å². The van der Waals surface area contributed by atoms with Crippen LogP contribution in [0.25, 0.3) is 0 Å². The minimum Gasteiger partial charge on any atom is -0.497 e. The van der Waals surface area contributed by atoms with Gasteiger partial charge in [0.25, 0.3) is 5.91 Å². The van der Waals surface area contributed by atoms with E-state index in [0.717, 1.165) is 11.5 Å². The van der Waals surface area contributed by atoms with Crippen LogP contribution in [0.4, 0.5) is 5.82 Å². The van der Waals surface area contributed by atoms with E-state index in [2.05, 4.69) is 15.3 Å². The fraction of sp³-hybridized carbons (Fsp3) is 0.400. The highest BCUT2D eigenvalue weighted by molar-refractivity contribution is 5.92. The Balaban J connectivity index is 1.42.